The molecule has 4 heterocycles. The highest BCUT2D eigenvalue weighted by Gasteiger charge is 2.16. The van der Waals surface area contributed by atoms with Gasteiger partial charge in [0.1, 0.15) is 4.83 Å². The fourth-order valence-corrected chi connectivity index (χ4v) is 5.87. The van der Waals surface area contributed by atoms with E-state index in [1.807, 2.05) is 36.4 Å². The van der Waals surface area contributed by atoms with Crippen LogP contribution in [0, 0.1) is 0 Å². The van der Waals surface area contributed by atoms with Crippen LogP contribution in [0.3, 0.4) is 0 Å². The van der Waals surface area contributed by atoms with E-state index in [0.29, 0.717) is 38.7 Å². The average molecular weight is 495 g/mol. The van der Waals surface area contributed by atoms with Crippen molar-refractivity contribution in [1.82, 2.24) is 28.2 Å². The van der Waals surface area contributed by atoms with E-state index in [1.165, 1.54) is 38.6 Å². The summed E-state index contributed by atoms with van der Waals surface area (Å²) in [6, 6.07) is 11.8. The second-order valence-corrected chi connectivity index (χ2v) is 10.1. The molecule has 11 heteroatoms. The lowest BCUT2D eigenvalue weighted by Crippen LogP contribution is -2.39. The van der Waals surface area contributed by atoms with Crippen LogP contribution in [0.15, 0.2) is 62.3 Å². The Kier molecular flexibility index (Phi) is 5.74. The maximum Gasteiger partial charge on any atom is 0.332 e. The topological polar surface area (TPSA) is 96.7 Å². The number of imidazole rings is 1. The first-order valence-electron chi connectivity index (χ1n) is 10.7. The molecule has 0 aliphatic heterocycles. The van der Waals surface area contributed by atoms with Crippen LogP contribution < -0.4 is 16.8 Å². The lowest BCUT2D eigenvalue weighted by Gasteiger charge is -2.09. The minimum absolute atomic E-state index is 0.0855. The number of nitrogens with zero attached hydrogens (tertiary/aromatic N) is 6. The molecule has 174 valence electrons. The Morgan fingerprint density at radius 1 is 1.00 bits per heavy atom. The van der Waals surface area contributed by atoms with Crippen molar-refractivity contribution < 1.29 is 0 Å². The summed E-state index contributed by atoms with van der Waals surface area (Å²) in [7, 11) is 5.06. The van der Waals surface area contributed by atoms with Gasteiger partial charge in [-0.3, -0.25) is 23.3 Å². The molecule has 1 aromatic carbocycles. The summed E-state index contributed by atoms with van der Waals surface area (Å²) >= 11 is 2.94. The highest BCUT2D eigenvalue weighted by Crippen LogP contribution is 2.32. The van der Waals surface area contributed by atoms with Gasteiger partial charge in [0, 0.05) is 38.3 Å². The van der Waals surface area contributed by atoms with Gasteiger partial charge in [0.2, 0.25) is 0 Å². The zero-order chi connectivity index (χ0) is 24.0. The third-order valence-electron chi connectivity index (χ3n) is 5.75. The van der Waals surface area contributed by atoms with Crippen molar-refractivity contribution in [1.29, 1.82) is 0 Å². The van der Waals surface area contributed by atoms with E-state index >= 15 is 0 Å². The molecule has 4 aromatic heterocycles. The number of fused-ring (bicyclic) bond motifs is 2. The molecule has 5 rings (SSSR count). The molecule has 9 nitrogen and oxygen atoms in total. The first-order valence-corrected chi connectivity index (χ1v) is 12.5. The molecule has 0 spiro atoms. The van der Waals surface area contributed by atoms with E-state index in [2.05, 4.69) is 4.98 Å². The van der Waals surface area contributed by atoms with Gasteiger partial charge in [0.25, 0.3) is 11.1 Å². The van der Waals surface area contributed by atoms with Gasteiger partial charge in [0.05, 0.1) is 11.7 Å². The van der Waals surface area contributed by atoms with Crippen molar-refractivity contribution >= 4 is 44.5 Å². The van der Waals surface area contributed by atoms with E-state index in [1.54, 1.807) is 30.3 Å². The number of aromatic nitrogens is 6. The van der Waals surface area contributed by atoms with Gasteiger partial charge in [-0.2, -0.15) is 0 Å². The maximum absolute atomic E-state index is 12.9. The summed E-state index contributed by atoms with van der Waals surface area (Å²) in [5.41, 5.74) is 1.01. The lowest BCUT2D eigenvalue weighted by atomic mass is 10.2. The Morgan fingerprint density at radius 3 is 2.53 bits per heavy atom. The molecule has 0 saturated carbocycles. The lowest BCUT2D eigenvalue weighted by molar-refractivity contribution is 0.593. The molecule has 0 unspecified atom stereocenters. The summed E-state index contributed by atoms with van der Waals surface area (Å²) in [5, 5.41) is 1.22. The number of hydrogen-bond acceptors (Lipinski definition) is 7. The highest BCUT2D eigenvalue weighted by molar-refractivity contribution is 7.99. The van der Waals surface area contributed by atoms with Crippen LogP contribution in [0.25, 0.3) is 31.8 Å². The molecule has 0 saturated heterocycles. The third-order valence-corrected chi connectivity index (χ3v) is 7.94. The minimum Gasteiger partial charge on any atom is -0.328 e. The summed E-state index contributed by atoms with van der Waals surface area (Å²) in [4.78, 5) is 49.0. The summed E-state index contributed by atoms with van der Waals surface area (Å²) in [6.45, 7) is 0.271. The zero-order valence-corrected chi connectivity index (χ0v) is 20.5. The molecule has 0 radical (unpaired) electrons. The quantitative estimate of drug-likeness (QED) is 0.205. The molecule has 0 N–H and O–H groups in total. The fourth-order valence-electron chi connectivity index (χ4n) is 3.90. The SMILES string of the molecule is Cn1c(SCCCn2c(=O)c3c(ncn3C)n(C)c2=O)nc2sc(-c3ccccc3)cc2c1=O. The second kappa shape index (κ2) is 8.73. The molecule has 0 aliphatic carbocycles. The standard InChI is InChI=1S/C23H22N6O3S2/c1-26-13-24-18-17(26)21(31)29(23(32)27(18)2)10-7-11-33-22-25-19-15(20(30)28(22)3)12-16(34-19)14-8-5-4-6-9-14/h4-6,8-9,12-13H,7,10-11H2,1-3H3. The van der Waals surface area contributed by atoms with E-state index in [4.69, 9.17) is 4.98 Å². The summed E-state index contributed by atoms with van der Waals surface area (Å²) in [5.74, 6) is 0.599. The van der Waals surface area contributed by atoms with Crippen molar-refractivity contribution in [3.05, 3.63) is 73.9 Å². The Bertz CT molecular complexity index is 1710. The maximum atomic E-state index is 12.9. The van der Waals surface area contributed by atoms with Gasteiger partial charge in [-0.05, 0) is 18.1 Å². The average Bonchev–Trinajstić information content (AvgIpc) is 3.45. The highest BCUT2D eigenvalue weighted by atomic mass is 32.2. The van der Waals surface area contributed by atoms with E-state index in [-0.39, 0.29) is 23.4 Å². The van der Waals surface area contributed by atoms with E-state index in [9.17, 15) is 14.4 Å². The van der Waals surface area contributed by atoms with Gasteiger partial charge < -0.3 is 4.57 Å². The fraction of sp³-hybridized carbons (Fsp3) is 0.261. The number of aryl methyl sites for hydroxylation is 2. The normalized spacial score (nSPS) is 11.6. The van der Waals surface area contributed by atoms with E-state index in [0.717, 1.165) is 10.4 Å². The van der Waals surface area contributed by atoms with Crippen molar-refractivity contribution in [2.45, 2.75) is 18.1 Å². The largest absolute Gasteiger partial charge is 0.332 e. The second-order valence-electron chi connectivity index (χ2n) is 7.98. The van der Waals surface area contributed by atoms with Crippen LogP contribution in [0.2, 0.25) is 0 Å². The molecule has 0 fully saturated rings. The predicted molar refractivity (Wildman–Crippen MR) is 136 cm³/mol. The molecule has 0 aliphatic rings. The van der Waals surface area contributed by atoms with Gasteiger partial charge in [-0.25, -0.2) is 14.8 Å². The van der Waals surface area contributed by atoms with Crippen molar-refractivity contribution in [3.8, 4) is 10.4 Å². The van der Waals surface area contributed by atoms with Crippen LogP contribution in [0.5, 0.6) is 0 Å². The Hall–Kier alpha value is -3.44. The van der Waals surface area contributed by atoms with Crippen LogP contribution in [-0.2, 0) is 27.7 Å². The zero-order valence-electron chi connectivity index (χ0n) is 18.9. The van der Waals surface area contributed by atoms with Gasteiger partial charge in [0.15, 0.2) is 16.3 Å². The van der Waals surface area contributed by atoms with Crippen molar-refractivity contribution in [3.63, 3.8) is 0 Å². The predicted octanol–water partition coefficient (Wildman–Crippen LogP) is 2.59. The minimum atomic E-state index is -0.389. The third kappa shape index (κ3) is 3.70. The first kappa shape index (κ1) is 22.4. The van der Waals surface area contributed by atoms with Crippen LogP contribution in [0.1, 0.15) is 6.42 Å². The van der Waals surface area contributed by atoms with Crippen LogP contribution in [-0.4, -0.2) is 34.0 Å². The van der Waals surface area contributed by atoms with Gasteiger partial charge in [-0.1, -0.05) is 42.1 Å². The monoisotopic (exact) mass is 494 g/mol. The van der Waals surface area contributed by atoms with Gasteiger partial charge >= 0.3 is 5.69 Å². The molecule has 0 amide bonds. The molecule has 5 aromatic rings. The van der Waals surface area contributed by atoms with Crippen LogP contribution >= 0.6 is 23.1 Å². The molecule has 0 atom stereocenters. The Morgan fingerprint density at radius 2 is 1.76 bits per heavy atom. The van der Waals surface area contributed by atoms with E-state index < -0.39 is 0 Å². The number of thiophene rings is 1. The van der Waals surface area contributed by atoms with Crippen LogP contribution in [0.4, 0.5) is 0 Å². The van der Waals surface area contributed by atoms with Crippen molar-refractivity contribution in [2.75, 3.05) is 5.75 Å². The van der Waals surface area contributed by atoms with Crippen molar-refractivity contribution in [2.24, 2.45) is 21.1 Å². The number of benzene rings is 1. The number of thioether (sulfide) groups is 1. The summed E-state index contributed by atoms with van der Waals surface area (Å²) < 4.78 is 5.82. The number of rotatable bonds is 6. The Labute approximate surface area is 201 Å². The smallest absolute Gasteiger partial charge is 0.328 e. The molecular weight excluding hydrogens is 472 g/mol. The molecule has 0 bridgehead atoms. The van der Waals surface area contributed by atoms with Gasteiger partial charge in [-0.15, -0.1) is 11.3 Å². The number of hydrogen-bond donors (Lipinski definition) is 0. The first-order chi connectivity index (χ1) is 16.4. The molecular formula is C23H22N6O3S2. The molecule has 34 heavy (non-hydrogen) atoms. The Balaban J connectivity index is 1.37. The summed E-state index contributed by atoms with van der Waals surface area (Å²) in [6.07, 6.45) is 2.10.